The summed E-state index contributed by atoms with van der Waals surface area (Å²) < 4.78 is 10.7. The van der Waals surface area contributed by atoms with Crippen LogP contribution in [0.15, 0.2) is 71.3 Å². The zero-order valence-corrected chi connectivity index (χ0v) is 16.5. The molecule has 2 N–H and O–H groups in total. The number of carbonyl (C=O) groups is 2. The Kier molecular flexibility index (Phi) is 6.68. The number of anilines is 1. The Labute approximate surface area is 169 Å². The summed E-state index contributed by atoms with van der Waals surface area (Å²) in [5, 5.41) is 5.72. The summed E-state index contributed by atoms with van der Waals surface area (Å²) in [5.74, 6) is 0.148. The molecule has 0 bridgehead atoms. The van der Waals surface area contributed by atoms with Gasteiger partial charge in [-0.15, -0.1) is 0 Å². The van der Waals surface area contributed by atoms with Crippen molar-refractivity contribution in [2.24, 2.45) is 0 Å². The van der Waals surface area contributed by atoms with E-state index in [-0.39, 0.29) is 30.2 Å². The molecule has 2 aromatic carbocycles. The van der Waals surface area contributed by atoms with Crippen LogP contribution in [0.2, 0.25) is 0 Å². The third kappa shape index (κ3) is 5.72. The van der Waals surface area contributed by atoms with Crippen LogP contribution in [0.25, 0.3) is 0 Å². The lowest BCUT2D eigenvalue weighted by Crippen LogP contribution is -2.32. The van der Waals surface area contributed by atoms with Crippen molar-refractivity contribution in [2.45, 2.75) is 26.3 Å². The smallest absolute Gasteiger partial charge is 0.291 e. The minimum Gasteiger partial charge on any atom is -0.484 e. The fourth-order valence-corrected chi connectivity index (χ4v) is 2.87. The number of hydrogen-bond donors (Lipinski definition) is 2. The topological polar surface area (TPSA) is 80.6 Å². The average molecular weight is 392 g/mol. The van der Waals surface area contributed by atoms with E-state index in [2.05, 4.69) is 10.6 Å². The molecule has 3 rings (SSSR count). The maximum Gasteiger partial charge on any atom is 0.291 e. The first-order valence-corrected chi connectivity index (χ1v) is 9.49. The summed E-state index contributed by atoms with van der Waals surface area (Å²) in [6.45, 7) is 3.94. The molecular formula is C23H24N2O4. The highest BCUT2D eigenvalue weighted by Gasteiger charge is 2.13. The maximum atomic E-state index is 12.3. The van der Waals surface area contributed by atoms with Gasteiger partial charge < -0.3 is 19.8 Å². The Balaban J connectivity index is 1.54. The van der Waals surface area contributed by atoms with Crippen molar-refractivity contribution in [3.05, 3.63) is 83.8 Å². The number of hydrogen-bond acceptors (Lipinski definition) is 4. The van der Waals surface area contributed by atoms with Gasteiger partial charge in [0.1, 0.15) is 5.75 Å². The van der Waals surface area contributed by atoms with Gasteiger partial charge in [-0.1, -0.05) is 42.8 Å². The lowest BCUT2D eigenvalue weighted by Gasteiger charge is -2.18. The fraction of sp³-hybridized carbons (Fsp3) is 0.217. The van der Waals surface area contributed by atoms with Gasteiger partial charge in [0.2, 0.25) is 0 Å². The third-order valence-electron chi connectivity index (χ3n) is 4.43. The van der Waals surface area contributed by atoms with E-state index in [4.69, 9.17) is 9.15 Å². The van der Waals surface area contributed by atoms with Crippen molar-refractivity contribution < 1.29 is 18.7 Å². The molecule has 1 atom stereocenters. The maximum absolute atomic E-state index is 12.3. The zero-order chi connectivity index (χ0) is 20.6. The van der Waals surface area contributed by atoms with E-state index in [0.29, 0.717) is 11.4 Å². The number of furan rings is 1. The second-order valence-electron chi connectivity index (χ2n) is 6.69. The zero-order valence-electron chi connectivity index (χ0n) is 16.5. The van der Waals surface area contributed by atoms with Crippen molar-refractivity contribution in [1.29, 1.82) is 0 Å². The minimum atomic E-state index is -0.353. The molecule has 2 amide bonds. The van der Waals surface area contributed by atoms with Crippen LogP contribution in [0.3, 0.4) is 0 Å². The van der Waals surface area contributed by atoms with E-state index < -0.39 is 0 Å². The molecule has 0 radical (unpaired) electrons. The lowest BCUT2D eigenvalue weighted by molar-refractivity contribution is -0.123. The van der Waals surface area contributed by atoms with E-state index in [1.165, 1.54) is 11.8 Å². The molecule has 0 saturated heterocycles. The molecule has 0 spiro atoms. The molecule has 0 unspecified atom stereocenters. The summed E-state index contributed by atoms with van der Waals surface area (Å²) in [6.07, 6.45) is 2.22. The average Bonchev–Trinajstić information content (AvgIpc) is 3.27. The second kappa shape index (κ2) is 9.59. The van der Waals surface area contributed by atoms with Crippen LogP contribution < -0.4 is 15.4 Å². The Morgan fingerprint density at radius 3 is 2.55 bits per heavy atom. The molecular weight excluding hydrogens is 368 g/mol. The second-order valence-corrected chi connectivity index (χ2v) is 6.69. The van der Waals surface area contributed by atoms with E-state index in [1.54, 1.807) is 36.4 Å². The van der Waals surface area contributed by atoms with Gasteiger partial charge in [0, 0.05) is 11.8 Å². The van der Waals surface area contributed by atoms with Crippen LogP contribution in [0.5, 0.6) is 5.75 Å². The van der Waals surface area contributed by atoms with E-state index >= 15 is 0 Å². The lowest BCUT2D eigenvalue weighted by atomic mass is 10.0. The van der Waals surface area contributed by atoms with E-state index in [0.717, 1.165) is 12.0 Å². The number of carbonyl (C=O) groups excluding carboxylic acids is 2. The largest absolute Gasteiger partial charge is 0.484 e. The predicted octanol–water partition coefficient (Wildman–Crippen LogP) is 4.49. The number of nitrogens with one attached hydrogen (secondary N) is 2. The van der Waals surface area contributed by atoms with Crippen LogP contribution >= 0.6 is 0 Å². The van der Waals surface area contributed by atoms with Crippen molar-refractivity contribution in [1.82, 2.24) is 5.32 Å². The van der Waals surface area contributed by atoms with Crippen LogP contribution in [-0.2, 0) is 4.79 Å². The molecule has 3 aromatic rings. The normalized spacial score (nSPS) is 11.5. The Morgan fingerprint density at radius 1 is 1.07 bits per heavy atom. The van der Waals surface area contributed by atoms with Gasteiger partial charge in [0.15, 0.2) is 12.4 Å². The van der Waals surface area contributed by atoms with Crippen LogP contribution in [0.1, 0.15) is 41.1 Å². The van der Waals surface area contributed by atoms with Crippen molar-refractivity contribution >= 4 is 17.5 Å². The standard InChI is InChI=1S/C23H24N2O4/c1-3-20(17-11-9-16(2)10-12-17)25-22(26)15-29-19-7-4-6-18(14-19)24-23(27)21-8-5-13-28-21/h4-14,20H,3,15H2,1-2H3,(H,24,27)(H,25,26)/t20-/m0/s1. The van der Waals surface area contributed by atoms with E-state index in [1.807, 2.05) is 38.1 Å². The van der Waals surface area contributed by atoms with Gasteiger partial charge >= 0.3 is 0 Å². The molecule has 0 saturated carbocycles. The summed E-state index contributed by atoms with van der Waals surface area (Å²) in [7, 11) is 0. The monoisotopic (exact) mass is 392 g/mol. The number of amides is 2. The van der Waals surface area contributed by atoms with Crippen molar-refractivity contribution in [3.63, 3.8) is 0 Å². The van der Waals surface area contributed by atoms with Crippen LogP contribution in [0.4, 0.5) is 5.69 Å². The highest BCUT2D eigenvalue weighted by atomic mass is 16.5. The van der Waals surface area contributed by atoms with Gasteiger partial charge in [-0.05, 0) is 43.2 Å². The van der Waals surface area contributed by atoms with Gasteiger partial charge in [0.25, 0.3) is 11.8 Å². The third-order valence-corrected chi connectivity index (χ3v) is 4.43. The molecule has 6 nitrogen and oxygen atoms in total. The first kappa shape index (κ1) is 20.2. The number of benzene rings is 2. The molecule has 0 aliphatic carbocycles. The summed E-state index contributed by atoms with van der Waals surface area (Å²) in [6, 6.07) is 18.1. The molecule has 1 aromatic heterocycles. The molecule has 1 heterocycles. The summed E-state index contributed by atoms with van der Waals surface area (Å²) >= 11 is 0. The van der Waals surface area contributed by atoms with Gasteiger partial charge in [-0.2, -0.15) is 0 Å². The van der Waals surface area contributed by atoms with Crippen molar-refractivity contribution in [2.75, 3.05) is 11.9 Å². The van der Waals surface area contributed by atoms with Crippen molar-refractivity contribution in [3.8, 4) is 5.75 Å². The first-order chi connectivity index (χ1) is 14.0. The molecule has 29 heavy (non-hydrogen) atoms. The predicted molar refractivity (Wildman–Crippen MR) is 111 cm³/mol. The summed E-state index contributed by atoms with van der Waals surface area (Å²) in [5.41, 5.74) is 2.79. The molecule has 150 valence electrons. The Hall–Kier alpha value is -3.54. The van der Waals surface area contributed by atoms with Gasteiger partial charge in [0.05, 0.1) is 12.3 Å². The minimum absolute atomic E-state index is 0.0642. The summed E-state index contributed by atoms with van der Waals surface area (Å²) in [4.78, 5) is 24.4. The number of aryl methyl sites for hydroxylation is 1. The quantitative estimate of drug-likeness (QED) is 0.592. The Morgan fingerprint density at radius 2 is 1.86 bits per heavy atom. The molecule has 0 aliphatic rings. The highest BCUT2D eigenvalue weighted by Crippen LogP contribution is 2.19. The SMILES string of the molecule is CC[C@H](NC(=O)COc1cccc(NC(=O)c2ccco2)c1)c1ccc(C)cc1. The fourth-order valence-electron chi connectivity index (χ4n) is 2.87. The number of ether oxygens (including phenoxy) is 1. The first-order valence-electron chi connectivity index (χ1n) is 9.49. The Bertz CT molecular complexity index is 949. The van der Waals surface area contributed by atoms with E-state index in [9.17, 15) is 9.59 Å². The number of rotatable bonds is 8. The molecule has 0 aliphatic heterocycles. The van der Waals surface area contributed by atoms with Crippen LogP contribution in [-0.4, -0.2) is 18.4 Å². The molecule has 0 fully saturated rings. The highest BCUT2D eigenvalue weighted by molar-refractivity contribution is 6.02. The van der Waals surface area contributed by atoms with Gasteiger partial charge in [-0.3, -0.25) is 9.59 Å². The van der Waals surface area contributed by atoms with Gasteiger partial charge in [-0.25, -0.2) is 0 Å². The molecule has 6 heteroatoms. The van der Waals surface area contributed by atoms with Crippen LogP contribution in [0, 0.1) is 6.92 Å².